The van der Waals surface area contributed by atoms with Gasteiger partial charge in [-0.3, -0.25) is 4.79 Å². The van der Waals surface area contributed by atoms with Crippen LogP contribution in [-0.4, -0.2) is 34.0 Å². The van der Waals surface area contributed by atoms with Gasteiger partial charge >= 0.3 is 5.97 Å². The number of nitrogens with zero attached hydrogens (tertiary/aromatic N) is 1. The Labute approximate surface area is 121 Å². The zero-order valence-corrected chi connectivity index (χ0v) is 11.8. The highest BCUT2D eigenvalue weighted by Gasteiger charge is 2.44. The smallest absolute Gasteiger partial charge is 0.329 e. The number of carboxylic acid groups (broad SMARTS) is 1. The molecule has 1 fully saturated rings. The SMILES string of the molecule is CC1(C(=O)O)CCCCN1C(=O)c1ccc(Cl)cc1F. The third-order valence-electron chi connectivity index (χ3n) is 3.76. The van der Waals surface area contributed by atoms with Crippen LogP contribution in [0.15, 0.2) is 18.2 Å². The highest BCUT2D eigenvalue weighted by Crippen LogP contribution is 2.30. The van der Waals surface area contributed by atoms with E-state index in [4.69, 9.17) is 11.6 Å². The fourth-order valence-electron chi connectivity index (χ4n) is 2.48. The molecule has 1 aliphatic rings. The number of aliphatic carboxylic acids is 1. The summed E-state index contributed by atoms with van der Waals surface area (Å²) in [4.78, 5) is 25.1. The van der Waals surface area contributed by atoms with Crippen LogP contribution in [0, 0.1) is 5.82 Å². The van der Waals surface area contributed by atoms with Crippen LogP contribution in [0.25, 0.3) is 0 Å². The van der Waals surface area contributed by atoms with Crippen molar-refractivity contribution in [2.24, 2.45) is 0 Å². The number of amides is 1. The van der Waals surface area contributed by atoms with E-state index < -0.39 is 23.2 Å². The topological polar surface area (TPSA) is 57.6 Å². The Morgan fingerprint density at radius 2 is 2.10 bits per heavy atom. The van der Waals surface area contributed by atoms with Crippen LogP contribution < -0.4 is 0 Å². The van der Waals surface area contributed by atoms with E-state index in [1.54, 1.807) is 0 Å². The highest BCUT2D eigenvalue weighted by atomic mass is 35.5. The number of carbonyl (C=O) groups excluding carboxylic acids is 1. The second kappa shape index (κ2) is 5.40. The van der Waals surface area contributed by atoms with Crippen molar-refractivity contribution in [3.05, 3.63) is 34.6 Å². The summed E-state index contributed by atoms with van der Waals surface area (Å²) < 4.78 is 13.8. The molecule has 1 atom stereocenters. The predicted molar refractivity (Wildman–Crippen MR) is 72.3 cm³/mol. The third kappa shape index (κ3) is 2.50. The van der Waals surface area contributed by atoms with Crippen molar-refractivity contribution in [2.75, 3.05) is 6.54 Å². The number of rotatable bonds is 2. The highest BCUT2D eigenvalue weighted by molar-refractivity contribution is 6.30. The summed E-state index contributed by atoms with van der Waals surface area (Å²) in [7, 11) is 0. The maximum absolute atomic E-state index is 13.8. The van der Waals surface area contributed by atoms with E-state index in [0.29, 0.717) is 19.4 Å². The first kappa shape index (κ1) is 14.8. The predicted octanol–water partition coefficient (Wildman–Crippen LogP) is 2.95. The molecule has 4 nitrogen and oxygen atoms in total. The Morgan fingerprint density at radius 1 is 1.40 bits per heavy atom. The standard InChI is InChI=1S/C14H15ClFNO3/c1-14(13(19)20)6-2-3-7-17(14)12(18)10-5-4-9(15)8-11(10)16/h4-5,8H,2-3,6-7H2,1H3,(H,19,20). The van der Waals surface area contributed by atoms with Crippen LogP contribution in [0.5, 0.6) is 0 Å². The van der Waals surface area contributed by atoms with Crippen LogP contribution in [0.4, 0.5) is 4.39 Å². The molecule has 6 heteroatoms. The van der Waals surface area contributed by atoms with Crippen LogP contribution in [-0.2, 0) is 4.79 Å². The number of piperidine rings is 1. The Morgan fingerprint density at radius 3 is 2.70 bits per heavy atom. The molecule has 0 bridgehead atoms. The lowest BCUT2D eigenvalue weighted by Crippen LogP contribution is -2.57. The van der Waals surface area contributed by atoms with Crippen molar-refractivity contribution in [3.63, 3.8) is 0 Å². The Hall–Kier alpha value is -1.62. The molecule has 1 N–H and O–H groups in total. The zero-order chi connectivity index (χ0) is 14.9. The normalized spacial score (nSPS) is 22.6. The van der Waals surface area contributed by atoms with Crippen LogP contribution >= 0.6 is 11.6 Å². The molecule has 0 aliphatic carbocycles. The summed E-state index contributed by atoms with van der Waals surface area (Å²) >= 11 is 5.65. The molecule has 1 amide bonds. The van der Waals surface area contributed by atoms with Crippen LogP contribution in [0.2, 0.25) is 5.02 Å². The molecule has 0 spiro atoms. The molecule has 1 saturated heterocycles. The molecule has 1 aromatic rings. The van der Waals surface area contributed by atoms with Gasteiger partial charge < -0.3 is 10.0 Å². The Kier molecular flexibility index (Phi) is 3.99. The fourth-order valence-corrected chi connectivity index (χ4v) is 2.64. The first-order valence-corrected chi connectivity index (χ1v) is 6.74. The quantitative estimate of drug-likeness (QED) is 0.913. The summed E-state index contributed by atoms with van der Waals surface area (Å²) in [5.41, 5.74) is -1.44. The lowest BCUT2D eigenvalue weighted by molar-refractivity contribution is -0.150. The maximum Gasteiger partial charge on any atom is 0.329 e. The van der Waals surface area contributed by atoms with E-state index in [1.165, 1.54) is 24.0 Å². The number of hydrogen-bond donors (Lipinski definition) is 1. The summed E-state index contributed by atoms with van der Waals surface area (Å²) in [5, 5.41) is 9.56. The molecule has 1 unspecified atom stereocenters. The molecule has 1 aliphatic heterocycles. The van der Waals surface area contributed by atoms with Gasteiger partial charge in [-0.15, -0.1) is 0 Å². The minimum atomic E-state index is -1.29. The van der Waals surface area contributed by atoms with Crippen molar-refractivity contribution >= 4 is 23.5 Å². The average molecular weight is 300 g/mol. The van der Waals surface area contributed by atoms with Gasteiger partial charge in [0.2, 0.25) is 0 Å². The fraction of sp³-hybridized carbons (Fsp3) is 0.429. The molecular formula is C14H15ClFNO3. The minimum absolute atomic E-state index is 0.149. The molecule has 0 saturated carbocycles. The molecule has 0 radical (unpaired) electrons. The summed E-state index contributed by atoms with van der Waals surface area (Å²) in [5.74, 6) is -2.41. The number of benzene rings is 1. The van der Waals surface area contributed by atoms with Crippen molar-refractivity contribution in [1.29, 1.82) is 0 Å². The van der Waals surface area contributed by atoms with Gasteiger partial charge in [0.25, 0.3) is 5.91 Å². The third-order valence-corrected chi connectivity index (χ3v) is 3.99. The van der Waals surface area contributed by atoms with Gasteiger partial charge in [0, 0.05) is 11.6 Å². The monoisotopic (exact) mass is 299 g/mol. The van der Waals surface area contributed by atoms with Gasteiger partial charge in [-0.05, 0) is 44.4 Å². The number of halogens is 2. The van der Waals surface area contributed by atoms with Crippen molar-refractivity contribution in [3.8, 4) is 0 Å². The largest absolute Gasteiger partial charge is 0.480 e. The lowest BCUT2D eigenvalue weighted by Gasteiger charge is -2.41. The second-order valence-corrected chi connectivity index (χ2v) is 5.55. The van der Waals surface area contributed by atoms with Gasteiger partial charge in [0.1, 0.15) is 11.4 Å². The number of hydrogen-bond acceptors (Lipinski definition) is 2. The second-order valence-electron chi connectivity index (χ2n) is 5.12. The number of carboxylic acids is 1. The van der Waals surface area contributed by atoms with Crippen molar-refractivity contribution in [1.82, 2.24) is 4.90 Å². The molecule has 20 heavy (non-hydrogen) atoms. The van der Waals surface area contributed by atoms with E-state index in [1.807, 2.05) is 0 Å². The maximum atomic E-state index is 13.8. The first-order chi connectivity index (χ1) is 9.36. The van der Waals surface area contributed by atoms with E-state index in [9.17, 15) is 19.1 Å². The van der Waals surface area contributed by atoms with E-state index in [-0.39, 0.29) is 10.6 Å². The Balaban J connectivity index is 2.37. The molecule has 1 aromatic carbocycles. The molecule has 0 aromatic heterocycles. The Bertz CT molecular complexity index is 563. The zero-order valence-electron chi connectivity index (χ0n) is 11.0. The van der Waals surface area contributed by atoms with Crippen molar-refractivity contribution in [2.45, 2.75) is 31.7 Å². The number of carbonyl (C=O) groups is 2. The summed E-state index contributed by atoms with van der Waals surface area (Å²) in [6.07, 6.45) is 1.81. The van der Waals surface area contributed by atoms with Gasteiger partial charge in [0.05, 0.1) is 5.56 Å². The summed E-state index contributed by atoms with van der Waals surface area (Å²) in [6, 6.07) is 3.76. The van der Waals surface area contributed by atoms with Crippen molar-refractivity contribution < 1.29 is 19.1 Å². The minimum Gasteiger partial charge on any atom is -0.480 e. The summed E-state index contributed by atoms with van der Waals surface area (Å²) in [6.45, 7) is 1.81. The van der Waals surface area contributed by atoms with Crippen LogP contribution in [0.1, 0.15) is 36.5 Å². The molecule has 2 rings (SSSR count). The van der Waals surface area contributed by atoms with E-state index >= 15 is 0 Å². The van der Waals surface area contributed by atoms with Gasteiger partial charge in [0.15, 0.2) is 0 Å². The van der Waals surface area contributed by atoms with Gasteiger partial charge in [-0.1, -0.05) is 11.6 Å². The van der Waals surface area contributed by atoms with Gasteiger partial charge in [-0.25, -0.2) is 9.18 Å². The van der Waals surface area contributed by atoms with E-state index in [0.717, 1.165) is 12.5 Å². The molecule has 108 valence electrons. The first-order valence-electron chi connectivity index (χ1n) is 6.36. The van der Waals surface area contributed by atoms with Crippen LogP contribution in [0.3, 0.4) is 0 Å². The molecular weight excluding hydrogens is 285 g/mol. The van der Waals surface area contributed by atoms with E-state index in [2.05, 4.69) is 0 Å². The molecule has 1 heterocycles. The average Bonchev–Trinajstić information content (AvgIpc) is 2.38. The number of likely N-dealkylation sites (tertiary alicyclic amines) is 1. The lowest BCUT2D eigenvalue weighted by atomic mass is 9.88. The van der Waals surface area contributed by atoms with Gasteiger partial charge in [-0.2, -0.15) is 0 Å².